The van der Waals surface area contributed by atoms with Crippen LogP contribution in [0.15, 0.2) is 205 Å². The zero-order valence-corrected chi connectivity index (χ0v) is 32.9. The van der Waals surface area contributed by atoms with Gasteiger partial charge in [-0.2, -0.15) is 0 Å². The second kappa shape index (κ2) is 12.8. The van der Waals surface area contributed by atoms with Crippen LogP contribution in [0.3, 0.4) is 0 Å². The number of rotatable bonds is 5. The predicted molar refractivity (Wildman–Crippen MR) is 249 cm³/mol. The Morgan fingerprint density at radius 3 is 1.81 bits per heavy atom. The lowest BCUT2D eigenvalue weighted by Crippen LogP contribution is -2.14. The molecule has 0 amide bonds. The molecule has 1 aromatic heterocycles. The third-order valence-corrected chi connectivity index (χ3v) is 12.8. The molecule has 0 atom stereocenters. The normalized spacial score (nSPS) is 13.1. The van der Waals surface area contributed by atoms with Crippen molar-refractivity contribution in [2.45, 2.75) is 19.3 Å². The van der Waals surface area contributed by atoms with Gasteiger partial charge in [-0.3, -0.25) is 0 Å². The van der Waals surface area contributed by atoms with Crippen molar-refractivity contribution in [3.8, 4) is 33.4 Å². The van der Waals surface area contributed by atoms with Gasteiger partial charge < -0.3 is 9.32 Å². The van der Waals surface area contributed by atoms with Crippen LogP contribution in [0.5, 0.6) is 0 Å². The van der Waals surface area contributed by atoms with E-state index in [4.69, 9.17) is 4.42 Å². The van der Waals surface area contributed by atoms with E-state index in [0.717, 1.165) is 44.6 Å². The summed E-state index contributed by atoms with van der Waals surface area (Å²) < 4.78 is 7.15. The summed E-state index contributed by atoms with van der Waals surface area (Å²) in [7, 11) is 0. The maximum Gasteiger partial charge on any atom is 0.143 e. The van der Waals surface area contributed by atoms with E-state index in [-0.39, 0.29) is 5.41 Å². The van der Waals surface area contributed by atoms with Gasteiger partial charge in [-0.25, -0.2) is 0 Å². The minimum atomic E-state index is -0.107. The van der Waals surface area contributed by atoms with E-state index in [2.05, 4.69) is 219 Å². The molecule has 0 spiro atoms. The molecule has 0 fully saturated rings. The van der Waals surface area contributed by atoms with Crippen LogP contribution in [-0.4, -0.2) is 0 Å². The molecule has 278 valence electrons. The highest BCUT2D eigenvalue weighted by Gasteiger charge is 2.35. The van der Waals surface area contributed by atoms with Crippen molar-refractivity contribution in [2.24, 2.45) is 0 Å². The summed E-state index contributed by atoms with van der Waals surface area (Å²) in [5.41, 5.74) is 15.0. The van der Waals surface area contributed by atoms with Crippen LogP contribution in [-0.2, 0) is 5.41 Å². The molecular weight excluding hydrogens is 715 g/mol. The van der Waals surface area contributed by atoms with Gasteiger partial charge in [0.15, 0.2) is 0 Å². The molecule has 59 heavy (non-hydrogen) atoms. The maximum atomic E-state index is 7.15. The monoisotopic (exact) mass is 753 g/mol. The first-order valence-electron chi connectivity index (χ1n) is 20.5. The van der Waals surface area contributed by atoms with Crippen LogP contribution in [0, 0.1) is 0 Å². The largest absolute Gasteiger partial charge is 0.455 e. The van der Waals surface area contributed by atoms with Crippen molar-refractivity contribution in [1.29, 1.82) is 0 Å². The number of hydrogen-bond acceptors (Lipinski definition) is 2. The fraction of sp³-hybridized carbons (Fsp3) is 0.0526. The lowest BCUT2D eigenvalue weighted by molar-refractivity contribution is 0.660. The average Bonchev–Trinajstić information content (AvgIpc) is 3.76. The number of hydrogen-bond donors (Lipinski definition) is 0. The molecule has 1 aliphatic carbocycles. The smallest absolute Gasteiger partial charge is 0.143 e. The van der Waals surface area contributed by atoms with Crippen molar-refractivity contribution in [2.75, 3.05) is 4.90 Å². The molecular formula is C57H39NO. The van der Waals surface area contributed by atoms with E-state index in [1.165, 1.54) is 71.3 Å². The van der Waals surface area contributed by atoms with Crippen molar-refractivity contribution in [3.05, 3.63) is 211 Å². The van der Waals surface area contributed by atoms with E-state index < -0.39 is 0 Å². The summed E-state index contributed by atoms with van der Waals surface area (Å²) >= 11 is 0. The first-order valence-corrected chi connectivity index (χ1v) is 20.5. The van der Waals surface area contributed by atoms with Crippen LogP contribution in [0.4, 0.5) is 17.1 Å². The van der Waals surface area contributed by atoms with Gasteiger partial charge >= 0.3 is 0 Å². The lowest BCUT2D eigenvalue weighted by atomic mass is 9.81. The minimum Gasteiger partial charge on any atom is -0.455 e. The van der Waals surface area contributed by atoms with Gasteiger partial charge in [-0.05, 0) is 108 Å². The number of nitrogens with zero attached hydrogens (tertiary/aromatic N) is 1. The van der Waals surface area contributed by atoms with Crippen LogP contribution < -0.4 is 4.90 Å². The summed E-state index contributed by atoms with van der Waals surface area (Å²) in [5.74, 6) is 0. The van der Waals surface area contributed by atoms with E-state index in [1.807, 2.05) is 0 Å². The fourth-order valence-electron chi connectivity index (χ4n) is 9.93. The zero-order valence-electron chi connectivity index (χ0n) is 32.9. The van der Waals surface area contributed by atoms with Crippen molar-refractivity contribution < 1.29 is 4.42 Å². The molecule has 2 heteroatoms. The zero-order chi connectivity index (χ0) is 39.2. The third kappa shape index (κ3) is 5.13. The summed E-state index contributed by atoms with van der Waals surface area (Å²) in [6.45, 7) is 4.70. The molecule has 0 N–H and O–H groups in total. The fourth-order valence-corrected chi connectivity index (χ4v) is 9.93. The van der Waals surface area contributed by atoms with Gasteiger partial charge in [0.25, 0.3) is 0 Å². The molecule has 0 unspecified atom stereocenters. The Morgan fingerprint density at radius 2 is 1.00 bits per heavy atom. The van der Waals surface area contributed by atoms with Gasteiger partial charge in [0.05, 0.1) is 5.69 Å². The van der Waals surface area contributed by atoms with Crippen LogP contribution in [0.1, 0.15) is 25.0 Å². The Balaban J connectivity index is 1.08. The predicted octanol–water partition coefficient (Wildman–Crippen LogP) is 16.2. The Morgan fingerprint density at radius 1 is 0.390 bits per heavy atom. The van der Waals surface area contributed by atoms with Crippen molar-refractivity contribution >= 4 is 71.3 Å². The summed E-state index contributed by atoms with van der Waals surface area (Å²) in [6, 6.07) is 73.0. The van der Waals surface area contributed by atoms with Crippen LogP contribution >= 0.6 is 0 Å². The minimum absolute atomic E-state index is 0.107. The Labute approximate surface area is 343 Å². The Kier molecular flexibility index (Phi) is 7.31. The third-order valence-electron chi connectivity index (χ3n) is 12.8. The van der Waals surface area contributed by atoms with Gasteiger partial charge in [-0.1, -0.05) is 166 Å². The first-order chi connectivity index (χ1) is 29.0. The second-order valence-electron chi connectivity index (χ2n) is 16.5. The quantitative estimate of drug-likeness (QED) is 0.163. The average molecular weight is 754 g/mol. The van der Waals surface area contributed by atoms with Gasteiger partial charge in [0.2, 0.25) is 0 Å². The SMILES string of the molecule is CC1(C)c2ccccc2-c2ccc(-c3c4ccccc4cc4c3oc3cc(N(c5ccc(-c6ccccc6)cc5)c5cc6ccccc6c6ccccc56)ccc34)cc21. The number of furan rings is 1. The molecule has 1 aliphatic rings. The highest BCUT2D eigenvalue weighted by atomic mass is 16.3. The lowest BCUT2D eigenvalue weighted by Gasteiger charge is -2.27. The van der Waals surface area contributed by atoms with Crippen LogP contribution in [0.2, 0.25) is 0 Å². The molecule has 10 aromatic carbocycles. The van der Waals surface area contributed by atoms with Gasteiger partial charge in [0, 0.05) is 44.6 Å². The van der Waals surface area contributed by atoms with E-state index >= 15 is 0 Å². The maximum absolute atomic E-state index is 7.15. The Hall–Kier alpha value is -7.42. The molecule has 0 bridgehead atoms. The van der Waals surface area contributed by atoms with Gasteiger partial charge in [0.1, 0.15) is 11.2 Å². The molecule has 0 aliphatic heterocycles. The molecule has 0 saturated heterocycles. The highest BCUT2D eigenvalue weighted by Crippen LogP contribution is 2.51. The van der Waals surface area contributed by atoms with Crippen LogP contribution in [0.25, 0.3) is 87.6 Å². The standard InChI is InChI=1S/C57H39NO/c1-57(2)51-23-13-12-21-46(51)47-30-26-40(33-52(47)57)55-44-19-9-7-16-38(44)32-50-49-31-29-42(35-54(49)59-56(50)55)58(41-27-24-37(25-28-41)36-14-4-3-5-15-36)53-34-39-17-6-8-18-43(39)45-20-10-11-22-48(45)53/h3-35H,1-2H3. The van der Waals surface area contributed by atoms with E-state index in [1.54, 1.807) is 0 Å². The topological polar surface area (TPSA) is 16.4 Å². The summed E-state index contributed by atoms with van der Waals surface area (Å²) in [6.07, 6.45) is 0. The summed E-state index contributed by atoms with van der Waals surface area (Å²) in [4.78, 5) is 2.40. The molecule has 0 saturated carbocycles. The molecule has 11 aromatic rings. The highest BCUT2D eigenvalue weighted by molar-refractivity contribution is 6.19. The molecule has 12 rings (SSSR count). The molecule has 1 heterocycles. The number of fused-ring (bicyclic) bond motifs is 10. The van der Waals surface area contributed by atoms with E-state index in [9.17, 15) is 0 Å². The molecule has 2 nitrogen and oxygen atoms in total. The second-order valence-corrected chi connectivity index (χ2v) is 16.5. The first kappa shape index (κ1) is 33.7. The number of anilines is 3. The Bertz CT molecular complexity index is 3460. The van der Waals surface area contributed by atoms with Crippen molar-refractivity contribution in [3.63, 3.8) is 0 Å². The van der Waals surface area contributed by atoms with Crippen molar-refractivity contribution in [1.82, 2.24) is 0 Å². The number of benzene rings is 10. The summed E-state index contributed by atoms with van der Waals surface area (Å²) in [5, 5.41) is 9.49. The van der Waals surface area contributed by atoms with Gasteiger partial charge in [-0.15, -0.1) is 0 Å². The van der Waals surface area contributed by atoms with E-state index in [0.29, 0.717) is 0 Å². The molecule has 0 radical (unpaired) electrons.